The predicted molar refractivity (Wildman–Crippen MR) is 91.9 cm³/mol. The van der Waals surface area contributed by atoms with Crippen LogP contribution in [0.5, 0.6) is 0 Å². The molecule has 0 spiro atoms. The van der Waals surface area contributed by atoms with Gasteiger partial charge in [0.25, 0.3) is 5.91 Å². The molecule has 0 unspecified atom stereocenters. The molecule has 1 heterocycles. The number of nitrogens with one attached hydrogen (secondary N) is 1. The van der Waals surface area contributed by atoms with E-state index < -0.39 is 0 Å². The maximum atomic E-state index is 12.3. The first-order valence-corrected chi connectivity index (χ1v) is 7.81. The van der Waals surface area contributed by atoms with Crippen LogP contribution in [0, 0.1) is 11.3 Å². The quantitative estimate of drug-likeness (QED) is 0.924. The molecule has 2 aromatic rings. The van der Waals surface area contributed by atoms with E-state index in [0.29, 0.717) is 23.4 Å². The molecule has 2 amide bonds. The molecule has 0 atom stereocenters. The number of hydrogen-bond acceptors (Lipinski definition) is 3. The fourth-order valence-corrected chi connectivity index (χ4v) is 2.88. The Bertz CT molecular complexity index is 835. The monoisotopic (exact) mass is 319 g/mol. The van der Waals surface area contributed by atoms with Crippen LogP contribution in [-0.2, 0) is 11.2 Å². The van der Waals surface area contributed by atoms with E-state index in [0.717, 1.165) is 24.1 Å². The maximum Gasteiger partial charge on any atom is 0.255 e. The van der Waals surface area contributed by atoms with Gasteiger partial charge in [0.2, 0.25) is 5.91 Å². The molecule has 24 heavy (non-hydrogen) atoms. The summed E-state index contributed by atoms with van der Waals surface area (Å²) >= 11 is 0. The molecule has 5 heteroatoms. The van der Waals surface area contributed by atoms with Crippen molar-refractivity contribution in [2.45, 2.75) is 19.8 Å². The summed E-state index contributed by atoms with van der Waals surface area (Å²) in [7, 11) is 0. The molecule has 0 fully saturated rings. The van der Waals surface area contributed by atoms with Gasteiger partial charge in [-0.05, 0) is 54.8 Å². The number of benzene rings is 2. The van der Waals surface area contributed by atoms with E-state index in [-0.39, 0.29) is 11.8 Å². The molecule has 0 aromatic heterocycles. The lowest BCUT2D eigenvalue weighted by molar-refractivity contribution is -0.116. The summed E-state index contributed by atoms with van der Waals surface area (Å²) in [5, 5.41) is 11.6. The number of fused-ring (bicyclic) bond motifs is 1. The number of carbonyl (C=O) groups is 2. The van der Waals surface area contributed by atoms with Crippen LogP contribution < -0.4 is 10.2 Å². The predicted octanol–water partition coefficient (Wildman–Crippen LogP) is 3.11. The maximum absolute atomic E-state index is 12.3. The molecule has 5 nitrogen and oxygen atoms in total. The van der Waals surface area contributed by atoms with Crippen LogP contribution >= 0.6 is 0 Å². The number of nitriles is 1. The molecule has 1 aliphatic rings. The summed E-state index contributed by atoms with van der Waals surface area (Å²) in [5.74, 6) is -0.240. The second-order valence-corrected chi connectivity index (χ2v) is 5.76. The highest BCUT2D eigenvalue weighted by Gasteiger charge is 2.20. The van der Waals surface area contributed by atoms with Crippen LogP contribution in [0.4, 0.5) is 11.4 Å². The summed E-state index contributed by atoms with van der Waals surface area (Å²) in [6.07, 6.45) is 1.88. The third-order valence-corrected chi connectivity index (χ3v) is 4.12. The first-order chi connectivity index (χ1) is 11.6. The van der Waals surface area contributed by atoms with Crippen LogP contribution in [0.15, 0.2) is 42.5 Å². The lowest BCUT2D eigenvalue weighted by Crippen LogP contribution is -2.33. The van der Waals surface area contributed by atoms with Gasteiger partial charge in [0, 0.05) is 30.4 Å². The molecule has 0 bridgehead atoms. The van der Waals surface area contributed by atoms with Crippen molar-refractivity contribution >= 4 is 23.2 Å². The number of amides is 2. The molecule has 2 aromatic carbocycles. The van der Waals surface area contributed by atoms with Crippen molar-refractivity contribution in [1.82, 2.24) is 0 Å². The smallest absolute Gasteiger partial charge is 0.255 e. The highest BCUT2D eigenvalue weighted by atomic mass is 16.2. The van der Waals surface area contributed by atoms with Gasteiger partial charge in [0.15, 0.2) is 0 Å². The fourth-order valence-electron chi connectivity index (χ4n) is 2.88. The molecule has 0 aliphatic carbocycles. The molecule has 0 saturated heterocycles. The van der Waals surface area contributed by atoms with Gasteiger partial charge in [-0.3, -0.25) is 9.59 Å². The van der Waals surface area contributed by atoms with Gasteiger partial charge in [0.1, 0.15) is 0 Å². The van der Waals surface area contributed by atoms with Gasteiger partial charge < -0.3 is 10.2 Å². The van der Waals surface area contributed by atoms with E-state index in [4.69, 9.17) is 5.26 Å². The largest absolute Gasteiger partial charge is 0.322 e. The lowest BCUT2D eigenvalue weighted by Gasteiger charge is -2.29. The van der Waals surface area contributed by atoms with Crippen LogP contribution in [0.2, 0.25) is 0 Å². The number of hydrogen-bond donors (Lipinski definition) is 1. The van der Waals surface area contributed by atoms with E-state index in [2.05, 4.69) is 5.32 Å². The zero-order valence-electron chi connectivity index (χ0n) is 13.4. The molecule has 120 valence electrons. The van der Waals surface area contributed by atoms with E-state index >= 15 is 0 Å². The molecule has 0 radical (unpaired) electrons. The average molecular weight is 319 g/mol. The lowest BCUT2D eigenvalue weighted by atomic mass is 10.0. The first-order valence-electron chi connectivity index (χ1n) is 7.81. The van der Waals surface area contributed by atoms with Crippen molar-refractivity contribution in [2.24, 2.45) is 0 Å². The normalized spacial score (nSPS) is 12.9. The topological polar surface area (TPSA) is 73.2 Å². The molecular weight excluding hydrogens is 302 g/mol. The minimum atomic E-state index is -0.246. The van der Waals surface area contributed by atoms with Gasteiger partial charge in [-0.1, -0.05) is 6.07 Å². The van der Waals surface area contributed by atoms with Crippen LogP contribution in [0.25, 0.3) is 0 Å². The number of rotatable bonds is 2. The second-order valence-electron chi connectivity index (χ2n) is 5.76. The van der Waals surface area contributed by atoms with Gasteiger partial charge in [-0.15, -0.1) is 0 Å². The molecule has 3 rings (SSSR count). The average Bonchev–Trinajstić information content (AvgIpc) is 2.61. The number of nitrogens with zero attached hydrogens (tertiary/aromatic N) is 2. The SMILES string of the molecule is CC(=O)N1CCCc2ccc(NC(=O)c3ccc(C#N)cc3)cc21. The van der Waals surface area contributed by atoms with Gasteiger partial charge in [-0.25, -0.2) is 0 Å². The zero-order chi connectivity index (χ0) is 17.1. The summed E-state index contributed by atoms with van der Waals surface area (Å²) in [5.41, 5.74) is 3.63. The van der Waals surface area contributed by atoms with E-state index in [1.165, 1.54) is 0 Å². The Hall–Kier alpha value is -3.13. The summed E-state index contributed by atoms with van der Waals surface area (Å²) in [4.78, 5) is 25.9. The Labute approximate surface area is 140 Å². The Morgan fingerprint density at radius 3 is 2.58 bits per heavy atom. The van der Waals surface area contributed by atoms with Crippen molar-refractivity contribution in [3.05, 3.63) is 59.2 Å². The summed E-state index contributed by atoms with van der Waals surface area (Å²) < 4.78 is 0. The molecule has 1 aliphatic heterocycles. The first kappa shape index (κ1) is 15.8. The third kappa shape index (κ3) is 3.13. The molecule has 0 saturated carbocycles. The fraction of sp³-hybridized carbons (Fsp3) is 0.211. The van der Waals surface area contributed by atoms with E-state index in [1.807, 2.05) is 24.3 Å². The van der Waals surface area contributed by atoms with E-state index in [1.54, 1.807) is 36.1 Å². The Kier molecular flexibility index (Phi) is 4.30. The summed E-state index contributed by atoms with van der Waals surface area (Å²) in [6, 6.07) is 14.1. The van der Waals surface area contributed by atoms with Crippen molar-refractivity contribution < 1.29 is 9.59 Å². The Morgan fingerprint density at radius 1 is 1.17 bits per heavy atom. The zero-order valence-corrected chi connectivity index (χ0v) is 13.4. The van der Waals surface area contributed by atoms with Crippen molar-refractivity contribution in [3.63, 3.8) is 0 Å². The molecular formula is C19H17N3O2. The van der Waals surface area contributed by atoms with Crippen LogP contribution in [0.3, 0.4) is 0 Å². The minimum absolute atomic E-state index is 0.00604. The van der Waals surface area contributed by atoms with Crippen molar-refractivity contribution in [3.8, 4) is 6.07 Å². The summed E-state index contributed by atoms with van der Waals surface area (Å²) in [6.45, 7) is 2.26. The molecule has 1 N–H and O–H groups in total. The second kappa shape index (κ2) is 6.55. The van der Waals surface area contributed by atoms with Gasteiger partial charge in [0.05, 0.1) is 11.6 Å². The third-order valence-electron chi connectivity index (χ3n) is 4.12. The number of carbonyl (C=O) groups excluding carboxylic acids is 2. The Balaban J connectivity index is 1.82. The highest BCUT2D eigenvalue weighted by molar-refractivity contribution is 6.05. The van der Waals surface area contributed by atoms with Crippen LogP contribution in [-0.4, -0.2) is 18.4 Å². The number of aryl methyl sites for hydroxylation is 1. The van der Waals surface area contributed by atoms with Gasteiger partial charge >= 0.3 is 0 Å². The number of anilines is 2. The van der Waals surface area contributed by atoms with Crippen molar-refractivity contribution in [1.29, 1.82) is 5.26 Å². The van der Waals surface area contributed by atoms with Crippen LogP contribution in [0.1, 0.15) is 34.8 Å². The highest BCUT2D eigenvalue weighted by Crippen LogP contribution is 2.30. The van der Waals surface area contributed by atoms with Crippen molar-refractivity contribution in [2.75, 3.05) is 16.8 Å². The Morgan fingerprint density at radius 2 is 1.92 bits per heavy atom. The standard InChI is InChI=1S/C19H17N3O2/c1-13(23)22-10-2-3-15-8-9-17(11-18(15)22)21-19(24)16-6-4-14(12-20)5-7-16/h4-9,11H,2-3,10H2,1H3,(H,21,24). The van der Waals surface area contributed by atoms with E-state index in [9.17, 15) is 9.59 Å². The minimum Gasteiger partial charge on any atom is -0.322 e. The van der Waals surface area contributed by atoms with Gasteiger partial charge in [-0.2, -0.15) is 5.26 Å².